The number of hydrogen-bond donors (Lipinski definition) is 3. The van der Waals surface area contributed by atoms with Crippen LogP contribution in [0.4, 0.5) is 10.5 Å². The van der Waals surface area contributed by atoms with Gasteiger partial charge >= 0.3 is 6.03 Å². The van der Waals surface area contributed by atoms with E-state index in [1.807, 2.05) is 0 Å². The minimum absolute atomic E-state index is 0.233. The predicted octanol–water partition coefficient (Wildman–Crippen LogP) is 2.58. The van der Waals surface area contributed by atoms with Crippen LogP contribution in [0.1, 0.15) is 6.92 Å². The number of hydrogen-bond acceptors (Lipinski definition) is 4. The zero-order valence-electron chi connectivity index (χ0n) is 12.1. The highest BCUT2D eigenvalue weighted by atomic mass is 35.5. The minimum atomic E-state index is -0.337. The highest BCUT2D eigenvalue weighted by Gasteiger charge is 2.19. The first kappa shape index (κ1) is 16.4. The zero-order valence-corrected chi connectivity index (χ0v) is 13.6. The second kappa shape index (κ2) is 7.33. The topological polar surface area (TPSA) is 82.6 Å². The van der Waals surface area contributed by atoms with E-state index in [1.54, 1.807) is 31.2 Å². The van der Waals surface area contributed by atoms with Gasteiger partial charge in [-0.25, -0.2) is 9.79 Å². The van der Waals surface area contributed by atoms with Crippen LogP contribution in [0.2, 0.25) is 5.02 Å². The van der Waals surface area contributed by atoms with Crippen LogP contribution in [0.3, 0.4) is 0 Å². The first-order valence-electron chi connectivity index (χ1n) is 6.46. The molecular weight excluding hydrogens is 324 g/mol. The maximum atomic E-state index is 12.2. The lowest BCUT2D eigenvalue weighted by Crippen LogP contribution is -2.35. The summed E-state index contributed by atoms with van der Waals surface area (Å²) in [4.78, 5) is 27.7. The number of nitrogens with zero attached hydrogens (tertiary/aromatic N) is 1. The van der Waals surface area contributed by atoms with Crippen molar-refractivity contribution in [2.75, 3.05) is 18.1 Å². The SMILES string of the molecule is CNC(=O)NC1=NC(=C(C)C(=O)Nc2ccc(Cl)cc2)CS1. The Bertz CT molecular complexity index is 655. The van der Waals surface area contributed by atoms with Gasteiger partial charge in [-0.3, -0.25) is 10.1 Å². The van der Waals surface area contributed by atoms with Gasteiger partial charge in [-0.2, -0.15) is 0 Å². The first-order chi connectivity index (χ1) is 10.5. The van der Waals surface area contributed by atoms with Gasteiger partial charge in [0, 0.05) is 29.1 Å². The Kier molecular flexibility index (Phi) is 5.46. The summed E-state index contributed by atoms with van der Waals surface area (Å²) in [7, 11) is 1.52. The molecule has 1 aliphatic rings. The molecule has 8 heteroatoms. The normalized spacial score (nSPS) is 15.9. The fourth-order valence-electron chi connectivity index (χ4n) is 1.63. The Labute approximate surface area is 137 Å². The van der Waals surface area contributed by atoms with Crippen molar-refractivity contribution in [2.24, 2.45) is 4.99 Å². The molecule has 0 aromatic heterocycles. The molecule has 0 spiro atoms. The largest absolute Gasteiger partial charge is 0.341 e. The van der Waals surface area contributed by atoms with E-state index in [2.05, 4.69) is 20.9 Å². The molecule has 2 rings (SSSR count). The monoisotopic (exact) mass is 338 g/mol. The maximum absolute atomic E-state index is 12.2. The summed E-state index contributed by atoms with van der Waals surface area (Å²) in [6.07, 6.45) is 0. The molecule has 3 N–H and O–H groups in total. The molecule has 0 bridgehead atoms. The van der Waals surface area contributed by atoms with E-state index in [9.17, 15) is 9.59 Å². The number of urea groups is 1. The number of rotatable bonds is 2. The smallest absolute Gasteiger partial charge is 0.320 e. The zero-order chi connectivity index (χ0) is 16.1. The Morgan fingerprint density at radius 1 is 1.23 bits per heavy atom. The molecule has 3 amide bonds. The molecule has 1 aromatic rings. The number of carbonyl (C=O) groups excluding carboxylic acids is 2. The number of benzene rings is 1. The van der Waals surface area contributed by atoms with Crippen LogP contribution in [-0.4, -0.2) is 29.9 Å². The third kappa shape index (κ3) is 4.25. The number of halogens is 1. The lowest BCUT2D eigenvalue weighted by atomic mass is 10.2. The molecule has 1 aliphatic heterocycles. The maximum Gasteiger partial charge on any atom is 0.320 e. The van der Waals surface area contributed by atoms with Crippen LogP contribution in [-0.2, 0) is 4.79 Å². The number of anilines is 1. The molecule has 6 nitrogen and oxygen atoms in total. The summed E-state index contributed by atoms with van der Waals surface area (Å²) in [5.74, 6) is 0.307. The highest BCUT2D eigenvalue weighted by molar-refractivity contribution is 8.14. The Balaban J connectivity index is 2.06. The summed E-state index contributed by atoms with van der Waals surface area (Å²) in [5, 5.41) is 8.90. The van der Waals surface area contributed by atoms with Crippen molar-refractivity contribution >= 4 is 46.2 Å². The molecule has 22 heavy (non-hydrogen) atoms. The van der Waals surface area contributed by atoms with Crippen molar-refractivity contribution in [1.29, 1.82) is 0 Å². The van der Waals surface area contributed by atoms with Crippen molar-refractivity contribution < 1.29 is 9.59 Å². The van der Waals surface area contributed by atoms with E-state index in [0.29, 0.717) is 32.9 Å². The molecule has 1 heterocycles. The Hall–Kier alpha value is -1.99. The average molecular weight is 339 g/mol. The number of aliphatic imine (C=N–C) groups is 1. The van der Waals surface area contributed by atoms with Crippen molar-refractivity contribution in [3.05, 3.63) is 40.6 Å². The lowest BCUT2D eigenvalue weighted by Gasteiger charge is -2.06. The summed E-state index contributed by atoms with van der Waals surface area (Å²) >= 11 is 7.17. The van der Waals surface area contributed by atoms with E-state index in [-0.39, 0.29) is 11.9 Å². The van der Waals surface area contributed by atoms with Crippen molar-refractivity contribution in [2.45, 2.75) is 6.92 Å². The third-order valence-corrected chi connectivity index (χ3v) is 4.04. The minimum Gasteiger partial charge on any atom is -0.341 e. The van der Waals surface area contributed by atoms with Gasteiger partial charge in [-0.15, -0.1) is 0 Å². The Morgan fingerprint density at radius 2 is 1.91 bits per heavy atom. The van der Waals surface area contributed by atoms with Crippen LogP contribution in [0.15, 0.2) is 40.5 Å². The molecular formula is C14H15ClN4O2S. The van der Waals surface area contributed by atoms with E-state index < -0.39 is 0 Å². The van der Waals surface area contributed by atoms with Gasteiger partial charge in [-0.05, 0) is 31.2 Å². The van der Waals surface area contributed by atoms with Crippen molar-refractivity contribution in [1.82, 2.24) is 10.6 Å². The summed E-state index contributed by atoms with van der Waals surface area (Å²) in [6.45, 7) is 1.70. The van der Waals surface area contributed by atoms with Gasteiger partial charge in [0.2, 0.25) is 0 Å². The van der Waals surface area contributed by atoms with Crippen LogP contribution >= 0.6 is 23.4 Å². The second-order valence-corrected chi connectivity index (χ2v) is 5.84. The average Bonchev–Trinajstić information content (AvgIpc) is 2.97. The first-order valence-corrected chi connectivity index (χ1v) is 7.83. The number of thioether (sulfide) groups is 1. The quantitative estimate of drug-likeness (QED) is 0.725. The second-order valence-electron chi connectivity index (χ2n) is 4.44. The van der Waals surface area contributed by atoms with Gasteiger partial charge < -0.3 is 10.6 Å². The van der Waals surface area contributed by atoms with Crippen molar-refractivity contribution in [3.8, 4) is 0 Å². The highest BCUT2D eigenvalue weighted by Crippen LogP contribution is 2.23. The lowest BCUT2D eigenvalue weighted by molar-refractivity contribution is -0.112. The van der Waals surface area contributed by atoms with Gasteiger partial charge in [0.05, 0.1) is 5.70 Å². The standard InChI is InChI=1S/C14H15ClN4O2S/c1-8(11-7-22-14(18-11)19-13(21)16-2)12(20)17-10-5-3-9(15)4-6-10/h3-6H,7H2,1-2H3,(H,17,20)(H2,16,18,19,21). The molecule has 0 saturated heterocycles. The molecule has 0 saturated carbocycles. The van der Waals surface area contributed by atoms with Gasteiger partial charge in [0.25, 0.3) is 5.91 Å². The molecule has 0 aliphatic carbocycles. The summed E-state index contributed by atoms with van der Waals surface area (Å²) in [6, 6.07) is 6.52. The van der Waals surface area contributed by atoms with E-state index in [4.69, 9.17) is 11.6 Å². The number of carbonyl (C=O) groups is 2. The fourth-order valence-corrected chi connectivity index (χ4v) is 2.65. The van der Waals surface area contributed by atoms with Crippen LogP contribution < -0.4 is 16.0 Å². The van der Waals surface area contributed by atoms with Crippen molar-refractivity contribution in [3.63, 3.8) is 0 Å². The van der Waals surface area contributed by atoms with Gasteiger partial charge in [0.15, 0.2) is 5.17 Å². The molecule has 0 atom stereocenters. The summed E-state index contributed by atoms with van der Waals surface area (Å²) in [5.41, 5.74) is 1.81. The molecule has 116 valence electrons. The fraction of sp³-hybridized carbons (Fsp3) is 0.214. The van der Waals surface area contributed by atoms with Crippen LogP contribution in [0.25, 0.3) is 0 Å². The number of amidine groups is 1. The third-order valence-electron chi connectivity index (χ3n) is 2.91. The number of nitrogens with one attached hydrogen (secondary N) is 3. The summed E-state index contributed by atoms with van der Waals surface area (Å²) < 4.78 is 0. The molecule has 0 fully saturated rings. The Morgan fingerprint density at radius 3 is 2.55 bits per heavy atom. The molecule has 0 unspecified atom stereocenters. The molecule has 1 aromatic carbocycles. The van der Waals surface area contributed by atoms with Gasteiger partial charge in [-0.1, -0.05) is 23.4 Å². The van der Waals surface area contributed by atoms with Crippen LogP contribution in [0, 0.1) is 0 Å². The predicted molar refractivity (Wildman–Crippen MR) is 90.3 cm³/mol. The van der Waals surface area contributed by atoms with E-state index in [0.717, 1.165) is 0 Å². The number of amides is 3. The molecule has 0 radical (unpaired) electrons. The van der Waals surface area contributed by atoms with Gasteiger partial charge in [0.1, 0.15) is 0 Å². The van der Waals surface area contributed by atoms with E-state index in [1.165, 1.54) is 18.8 Å². The van der Waals surface area contributed by atoms with E-state index >= 15 is 0 Å². The van der Waals surface area contributed by atoms with Crippen LogP contribution in [0.5, 0.6) is 0 Å².